The number of rotatable bonds is 4. The largest absolute Gasteiger partial charge is 0.375 e. The third-order valence-corrected chi connectivity index (χ3v) is 4.30. The summed E-state index contributed by atoms with van der Waals surface area (Å²) < 4.78 is 5.54. The highest BCUT2D eigenvalue weighted by Crippen LogP contribution is 2.22. The third kappa shape index (κ3) is 4.98. The number of ether oxygens (including phenoxy) is 1. The molecule has 1 aromatic heterocycles. The van der Waals surface area contributed by atoms with E-state index in [1.807, 2.05) is 56.3 Å². The van der Waals surface area contributed by atoms with Crippen LogP contribution >= 0.6 is 24.8 Å². The van der Waals surface area contributed by atoms with Gasteiger partial charge in [-0.1, -0.05) is 18.2 Å². The van der Waals surface area contributed by atoms with Crippen molar-refractivity contribution in [3.05, 3.63) is 35.9 Å². The Balaban J connectivity index is 0.00000169. The van der Waals surface area contributed by atoms with E-state index in [1.54, 1.807) is 0 Å². The number of anilines is 1. The first-order valence-electron chi connectivity index (χ1n) is 8.25. The van der Waals surface area contributed by atoms with Crippen LogP contribution in [0.5, 0.6) is 0 Å². The molecule has 1 aliphatic heterocycles. The Bertz CT molecular complexity index is 742. The number of nitrogens with one attached hydrogen (secondary N) is 2. The molecule has 2 atom stereocenters. The predicted octanol–water partition coefficient (Wildman–Crippen LogP) is 2.14. The summed E-state index contributed by atoms with van der Waals surface area (Å²) in [5.41, 5.74) is 1.99. The lowest BCUT2D eigenvalue weighted by Crippen LogP contribution is -2.55. The summed E-state index contributed by atoms with van der Waals surface area (Å²) in [5.74, 6) is 0.847. The molecule has 0 unspecified atom stereocenters. The van der Waals surface area contributed by atoms with Gasteiger partial charge in [0.05, 0.1) is 18.2 Å². The molecule has 0 radical (unpaired) electrons. The van der Waals surface area contributed by atoms with Gasteiger partial charge in [0.1, 0.15) is 11.9 Å². The zero-order chi connectivity index (χ0) is 17.1. The van der Waals surface area contributed by atoms with Crippen LogP contribution in [0.15, 0.2) is 30.3 Å². The smallest absolute Gasteiger partial charge is 0.240 e. The molecule has 1 fully saturated rings. The van der Waals surface area contributed by atoms with Crippen LogP contribution in [0.3, 0.4) is 0 Å². The normalized spacial score (nSPS) is 19.2. The van der Waals surface area contributed by atoms with Crippen LogP contribution < -0.4 is 15.5 Å². The van der Waals surface area contributed by atoms with E-state index in [4.69, 9.17) is 4.74 Å². The van der Waals surface area contributed by atoms with Crippen molar-refractivity contribution >= 4 is 47.4 Å². The van der Waals surface area contributed by atoms with Crippen molar-refractivity contribution in [2.24, 2.45) is 0 Å². The Kier molecular flexibility index (Phi) is 8.56. The Morgan fingerprint density at radius 2 is 2.08 bits per heavy atom. The number of fused-ring (bicyclic) bond motifs is 1. The van der Waals surface area contributed by atoms with Crippen LogP contribution in [0, 0.1) is 0 Å². The fraction of sp³-hybridized carbons (Fsp3) is 0.444. The van der Waals surface area contributed by atoms with Gasteiger partial charge in [0.15, 0.2) is 0 Å². The molecule has 1 saturated heterocycles. The number of carbonyl (C=O) groups is 1. The van der Waals surface area contributed by atoms with Crippen LogP contribution in [0.2, 0.25) is 0 Å². The standard InChI is InChI=1S/C18H24N4O2.2ClH/c1-12-17(19-8-9-24-12)18(23)20-11-13-10-16(22(2)3)21-15-7-5-4-6-14(13)15;;/h4-7,10,12,17,19H,8-9,11H2,1-3H3,(H,20,23);2*1H/t12-,17+;;/m1../s1. The van der Waals surface area contributed by atoms with Gasteiger partial charge in [-0.3, -0.25) is 4.79 Å². The molecule has 3 rings (SSSR count). The van der Waals surface area contributed by atoms with E-state index in [1.165, 1.54) is 0 Å². The molecule has 0 aliphatic carbocycles. The summed E-state index contributed by atoms with van der Waals surface area (Å²) in [6.45, 7) is 3.73. The molecular weight excluding hydrogens is 375 g/mol. The van der Waals surface area contributed by atoms with Crippen molar-refractivity contribution in [3.63, 3.8) is 0 Å². The van der Waals surface area contributed by atoms with Crippen LogP contribution in [-0.2, 0) is 16.1 Å². The van der Waals surface area contributed by atoms with E-state index in [2.05, 4.69) is 15.6 Å². The minimum Gasteiger partial charge on any atom is -0.375 e. The Hall–Kier alpha value is -1.60. The number of aromatic nitrogens is 1. The highest BCUT2D eigenvalue weighted by Gasteiger charge is 2.28. The molecule has 1 aromatic carbocycles. The zero-order valence-electron chi connectivity index (χ0n) is 15.2. The lowest BCUT2D eigenvalue weighted by molar-refractivity contribution is -0.129. The minimum absolute atomic E-state index is 0. The van der Waals surface area contributed by atoms with Gasteiger partial charge in [0, 0.05) is 32.6 Å². The van der Waals surface area contributed by atoms with Gasteiger partial charge in [0.25, 0.3) is 0 Å². The molecule has 0 spiro atoms. The minimum atomic E-state index is -0.305. The van der Waals surface area contributed by atoms with Gasteiger partial charge in [-0.2, -0.15) is 0 Å². The van der Waals surface area contributed by atoms with E-state index < -0.39 is 0 Å². The number of benzene rings is 1. The predicted molar refractivity (Wildman–Crippen MR) is 110 cm³/mol. The molecule has 1 aliphatic rings. The maximum absolute atomic E-state index is 12.5. The van der Waals surface area contributed by atoms with Crippen molar-refractivity contribution < 1.29 is 9.53 Å². The molecule has 26 heavy (non-hydrogen) atoms. The fourth-order valence-corrected chi connectivity index (χ4v) is 2.93. The topological polar surface area (TPSA) is 66.5 Å². The maximum atomic E-state index is 12.5. The molecule has 0 saturated carbocycles. The van der Waals surface area contributed by atoms with Gasteiger partial charge in [-0.25, -0.2) is 4.98 Å². The average molecular weight is 401 g/mol. The van der Waals surface area contributed by atoms with Gasteiger partial charge in [-0.05, 0) is 24.6 Å². The number of halogens is 2. The van der Waals surface area contributed by atoms with Crippen molar-refractivity contribution in [2.45, 2.75) is 25.6 Å². The summed E-state index contributed by atoms with van der Waals surface area (Å²) in [7, 11) is 3.93. The first-order valence-corrected chi connectivity index (χ1v) is 8.25. The summed E-state index contributed by atoms with van der Waals surface area (Å²) in [6.07, 6.45) is -0.120. The maximum Gasteiger partial charge on any atom is 0.240 e. The monoisotopic (exact) mass is 400 g/mol. The quantitative estimate of drug-likeness (QED) is 0.822. The molecule has 144 valence electrons. The lowest BCUT2D eigenvalue weighted by atomic mass is 10.1. The molecule has 2 N–H and O–H groups in total. The van der Waals surface area contributed by atoms with Crippen LogP contribution in [0.4, 0.5) is 5.82 Å². The first-order chi connectivity index (χ1) is 11.6. The first kappa shape index (κ1) is 22.4. The van der Waals surface area contributed by atoms with Gasteiger partial charge in [0.2, 0.25) is 5.91 Å². The Morgan fingerprint density at radius 3 is 2.77 bits per heavy atom. The van der Waals surface area contributed by atoms with Gasteiger partial charge >= 0.3 is 0 Å². The average Bonchev–Trinajstić information content (AvgIpc) is 2.59. The number of para-hydroxylation sites is 1. The van der Waals surface area contributed by atoms with Crippen molar-refractivity contribution in [2.75, 3.05) is 32.1 Å². The second-order valence-corrected chi connectivity index (χ2v) is 6.28. The Labute approximate surface area is 166 Å². The SMILES string of the molecule is C[C@H]1OCCN[C@@H]1C(=O)NCc1cc(N(C)C)nc2ccccc12.Cl.Cl. The van der Waals surface area contributed by atoms with Crippen molar-refractivity contribution in [3.8, 4) is 0 Å². The second kappa shape index (κ2) is 9.92. The molecule has 8 heteroatoms. The molecule has 0 bridgehead atoms. The van der Waals surface area contributed by atoms with Crippen molar-refractivity contribution in [1.82, 2.24) is 15.6 Å². The molecule has 2 aromatic rings. The molecule has 2 heterocycles. The number of amides is 1. The summed E-state index contributed by atoms with van der Waals surface area (Å²) in [5, 5.41) is 7.30. The van der Waals surface area contributed by atoms with E-state index >= 15 is 0 Å². The van der Waals surface area contributed by atoms with Crippen LogP contribution in [0.25, 0.3) is 10.9 Å². The lowest BCUT2D eigenvalue weighted by Gasteiger charge is -2.29. The van der Waals surface area contributed by atoms with Gasteiger partial charge < -0.3 is 20.3 Å². The van der Waals surface area contributed by atoms with E-state index in [9.17, 15) is 4.79 Å². The molecular formula is C18H26Cl2N4O2. The summed E-state index contributed by atoms with van der Waals surface area (Å²) in [6, 6.07) is 9.71. The summed E-state index contributed by atoms with van der Waals surface area (Å²) in [4.78, 5) is 19.1. The van der Waals surface area contributed by atoms with E-state index in [0.29, 0.717) is 19.7 Å². The number of carbonyl (C=O) groups excluding carboxylic acids is 1. The molecule has 6 nitrogen and oxygen atoms in total. The number of hydrogen-bond acceptors (Lipinski definition) is 5. The van der Waals surface area contributed by atoms with Gasteiger partial charge in [-0.15, -0.1) is 24.8 Å². The Morgan fingerprint density at radius 1 is 1.35 bits per heavy atom. The number of hydrogen-bond donors (Lipinski definition) is 2. The number of morpholine rings is 1. The number of pyridine rings is 1. The molecule has 1 amide bonds. The second-order valence-electron chi connectivity index (χ2n) is 6.28. The highest BCUT2D eigenvalue weighted by atomic mass is 35.5. The highest BCUT2D eigenvalue weighted by molar-refractivity contribution is 5.86. The zero-order valence-corrected chi connectivity index (χ0v) is 16.8. The third-order valence-electron chi connectivity index (χ3n) is 4.30. The van der Waals surface area contributed by atoms with E-state index in [0.717, 1.165) is 22.3 Å². The fourth-order valence-electron chi connectivity index (χ4n) is 2.93. The van der Waals surface area contributed by atoms with Crippen molar-refractivity contribution in [1.29, 1.82) is 0 Å². The van der Waals surface area contributed by atoms with Crippen LogP contribution in [0.1, 0.15) is 12.5 Å². The van der Waals surface area contributed by atoms with E-state index in [-0.39, 0.29) is 42.9 Å². The van der Waals surface area contributed by atoms with Crippen LogP contribution in [-0.4, -0.2) is 50.3 Å². The number of nitrogens with zero attached hydrogens (tertiary/aromatic N) is 2. The summed E-state index contributed by atoms with van der Waals surface area (Å²) >= 11 is 0.